The summed E-state index contributed by atoms with van der Waals surface area (Å²) < 4.78 is 26.8. The normalized spacial score (nSPS) is 11.4. The van der Waals surface area contributed by atoms with Gasteiger partial charge in [0.2, 0.25) is 0 Å². The van der Waals surface area contributed by atoms with Crippen LogP contribution in [0.15, 0.2) is 42.5 Å². The van der Waals surface area contributed by atoms with Crippen molar-refractivity contribution < 1.29 is 23.5 Å². The summed E-state index contributed by atoms with van der Waals surface area (Å²) in [6.07, 6.45) is -0.165. The van der Waals surface area contributed by atoms with Gasteiger partial charge in [-0.3, -0.25) is 4.79 Å². The molecule has 0 saturated carbocycles. The van der Waals surface area contributed by atoms with Crippen LogP contribution in [0.25, 0.3) is 0 Å². The number of rotatable bonds is 5. The Morgan fingerprint density at radius 1 is 1.17 bits per heavy atom. The van der Waals surface area contributed by atoms with Gasteiger partial charge in [0.05, 0.1) is 17.2 Å². The van der Waals surface area contributed by atoms with E-state index in [0.717, 1.165) is 18.2 Å². The molecular formula is C17H12F2N2O3. The van der Waals surface area contributed by atoms with Gasteiger partial charge in [0.1, 0.15) is 6.04 Å². The highest BCUT2D eigenvalue weighted by Gasteiger charge is 2.24. The predicted molar refractivity (Wildman–Crippen MR) is 80.1 cm³/mol. The van der Waals surface area contributed by atoms with E-state index < -0.39 is 35.1 Å². The summed E-state index contributed by atoms with van der Waals surface area (Å²) in [5, 5.41) is 20.4. The van der Waals surface area contributed by atoms with Crippen molar-refractivity contribution in [3.63, 3.8) is 0 Å². The van der Waals surface area contributed by atoms with E-state index >= 15 is 0 Å². The molecule has 0 saturated heterocycles. The van der Waals surface area contributed by atoms with Gasteiger partial charge in [-0.1, -0.05) is 24.3 Å². The molecule has 0 aliphatic heterocycles. The molecule has 0 radical (unpaired) electrons. The Bertz CT molecular complexity index is 831. The summed E-state index contributed by atoms with van der Waals surface area (Å²) in [5.74, 6) is -4.96. The Morgan fingerprint density at radius 3 is 2.54 bits per heavy atom. The molecule has 0 aliphatic rings. The van der Waals surface area contributed by atoms with E-state index in [1.165, 1.54) is 6.07 Å². The van der Waals surface area contributed by atoms with Gasteiger partial charge in [-0.15, -0.1) is 0 Å². The average Bonchev–Trinajstić information content (AvgIpc) is 2.57. The second-order valence-corrected chi connectivity index (χ2v) is 4.94. The number of nitriles is 1. The fourth-order valence-electron chi connectivity index (χ4n) is 2.14. The summed E-state index contributed by atoms with van der Waals surface area (Å²) >= 11 is 0. The number of carbonyl (C=O) groups is 2. The molecule has 2 aromatic carbocycles. The zero-order valence-electron chi connectivity index (χ0n) is 12.3. The Hall–Kier alpha value is -3.27. The van der Waals surface area contributed by atoms with Crippen LogP contribution < -0.4 is 5.32 Å². The smallest absolute Gasteiger partial charge is 0.326 e. The lowest BCUT2D eigenvalue weighted by Crippen LogP contribution is -2.42. The van der Waals surface area contributed by atoms with Crippen molar-refractivity contribution in [2.45, 2.75) is 12.5 Å². The van der Waals surface area contributed by atoms with Gasteiger partial charge in [-0.2, -0.15) is 5.26 Å². The largest absolute Gasteiger partial charge is 0.480 e. The summed E-state index contributed by atoms with van der Waals surface area (Å²) in [6.45, 7) is 0. The average molecular weight is 330 g/mol. The number of hydrogen-bond acceptors (Lipinski definition) is 3. The van der Waals surface area contributed by atoms with Crippen LogP contribution in [0.3, 0.4) is 0 Å². The number of benzene rings is 2. The van der Waals surface area contributed by atoms with Gasteiger partial charge in [-0.05, 0) is 23.8 Å². The topological polar surface area (TPSA) is 90.2 Å². The van der Waals surface area contributed by atoms with Crippen molar-refractivity contribution in [2.24, 2.45) is 0 Å². The number of nitrogens with one attached hydrogen (secondary N) is 1. The van der Waals surface area contributed by atoms with E-state index in [0.29, 0.717) is 5.56 Å². The highest BCUT2D eigenvalue weighted by atomic mass is 19.2. The Kier molecular flexibility index (Phi) is 5.22. The number of amides is 1. The van der Waals surface area contributed by atoms with Gasteiger partial charge in [0.25, 0.3) is 5.91 Å². The molecule has 1 atom stereocenters. The molecular weight excluding hydrogens is 318 g/mol. The van der Waals surface area contributed by atoms with Gasteiger partial charge >= 0.3 is 5.97 Å². The Balaban J connectivity index is 2.23. The van der Waals surface area contributed by atoms with Crippen molar-refractivity contribution >= 4 is 11.9 Å². The van der Waals surface area contributed by atoms with Crippen LogP contribution in [0, 0.1) is 23.0 Å². The van der Waals surface area contributed by atoms with Gasteiger partial charge < -0.3 is 10.4 Å². The minimum atomic E-state index is -1.39. The Morgan fingerprint density at radius 2 is 1.88 bits per heavy atom. The lowest BCUT2D eigenvalue weighted by Gasteiger charge is -2.15. The molecule has 0 aliphatic carbocycles. The second kappa shape index (κ2) is 7.33. The van der Waals surface area contributed by atoms with Gasteiger partial charge in [-0.25, -0.2) is 13.6 Å². The van der Waals surface area contributed by atoms with E-state index in [9.17, 15) is 23.5 Å². The molecule has 122 valence electrons. The van der Waals surface area contributed by atoms with Crippen LogP contribution in [-0.4, -0.2) is 23.0 Å². The molecule has 2 N–H and O–H groups in total. The van der Waals surface area contributed by atoms with Crippen molar-refractivity contribution in [2.75, 3.05) is 0 Å². The molecule has 0 heterocycles. The molecule has 0 spiro atoms. The molecule has 0 fully saturated rings. The summed E-state index contributed by atoms with van der Waals surface area (Å²) in [6, 6.07) is 9.91. The first-order valence-corrected chi connectivity index (χ1v) is 6.89. The van der Waals surface area contributed by atoms with Crippen LogP contribution in [-0.2, 0) is 11.2 Å². The third kappa shape index (κ3) is 3.73. The number of halogens is 2. The molecule has 1 amide bonds. The maximum atomic E-state index is 13.6. The molecule has 5 nitrogen and oxygen atoms in total. The van der Waals surface area contributed by atoms with Crippen LogP contribution >= 0.6 is 0 Å². The van der Waals surface area contributed by atoms with Crippen LogP contribution in [0.1, 0.15) is 21.5 Å². The zero-order valence-corrected chi connectivity index (χ0v) is 12.3. The molecule has 24 heavy (non-hydrogen) atoms. The first kappa shape index (κ1) is 17.1. The van der Waals surface area contributed by atoms with Crippen molar-refractivity contribution in [3.8, 4) is 6.07 Å². The van der Waals surface area contributed by atoms with Crippen LogP contribution in [0.4, 0.5) is 8.78 Å². The van der Waals surface area contributed by atoms with Gasteiger partial charge in [0.15, 0.2) is 11.6 Å². The summed E-state index contributed by atoms with van der Waals surface area (Å²) in [4.78, 5) is 23.4. The van der Waals surface area contributed by atoms with Crippen molar-refractivity contribution in [3.05, 3.63) is 70.8 Å². The summed E-state index contributed by atoms with van der Waals surface area (Å²) in [7, 11) is 0. The highest BCUT2D eigenvalue weighted by Crippen LogP contribution is 2.13. The first-order chi connectivity index (χ1) is 11.4. The number of nitrogens with zero attached hydrogens (tertiary/aromatic N) is 1. The maximum Gasteiger partial charge on any atom is 0.326 e. The van der Waals surface area contributed by atoms with E-state index in [-0.39, 0.29) is 12.0 Å². The fourth-order valence-corrected chi connectivity index (χ4v) is 2.14. The third-order valence-corrected chi connectivity index (χ3v) is 3.36. The lowest BCUT2D eigenvalue weighted by atomic mass is 10.0. The molecule has 2 rings (SSSR count). The molecule has 0 bridgehead atoms. The minimum absolute atomic E-state index is 0.165. The van der Waals surface area contributed by atoms with Crippen molar-refractivity contribution in [1.82, 2.24) is 5.32 Å². The summed E-state index contributed by atoms with van der Waals surface area (Å²) in [5.41, 5.74) is 0.108. The monoisotopic (exact) mass is 330 g/mol. The van der Waals surface area contributed by atoms with E-state index in [4.69, 9.17) is 5.26 Å². The third-order valence-electron chi connectivity index (χ3n) is 3.36. The predicted octanol–water partition coefficient (Wildman–Crippen LogP) is 2.26. The molecule has 0 unspecified atom stereocenters. The molecule has 7 heteroatoms. The van der Waals surface area contributed by atoms with Crippen LogP contribution in [0.2, 0.25) is 0 Å². The van der Waals surface area contributed by atoms with Crippen molar-refractivity contribution in [1.29, 1.82) is 5.26 Å². The SMILES string of the molecule is N#Cc1ccccc1C[C@H](NC(=O)c1cccc(F)c1F)C(=O)O. The fraction of sp³-hybridized carbons (Fsp3) is 0.118. The zero-order chi connectivity index (χ0) is 17.7. The molecule has 2 aromatic rings. The molecule has 0 aromatic heterocycles. The number of carbonyl (C=O) groups excluding carboxylic acids is 1. The lowest BCUT2D eigenvalue weighted by molar-refractivity contribution is -0.139. The number of carboxylic acids is 1. The van der Waals surface area contributed by atoms with E-state index in [1.54, 1.807) is 18.2 Å². The van der Waals surface area contributed by atoms with Gasteiger partial charge in [0, 0.05) is 6.42 Å². The number of carboxylic acid groups (broad SMARTS) is 1. The first-order valence-electron chi connectivity index (χ1n) is 6.89. The highest BCUT2D eigenvalue weighted by molar-refractivity contribution is 5.96. The standard InChI is InChI=1S/C17H12F2N2O3/c18-13-7-3-6-12(15(13)19)16(22)21-14(17(23)24)8-10-4-1-2-5-11(10)9-20/h1-7,14H,8H2,(H,21,22)(H,23,24)/t14-/m0/s1. The van der Waals surface area contributed by atoms with E-state index in [1.807, 2.05) is 6.07 Å². The Labute approximate surface area is 136 Å². The second-order valence-electron chi connectivity index (χ2n) is 4.94. The van der Waals surface area contributed by atoms with E-state index in [2.05, 4.69) is 5.32 Å². The number of aliphatic carboxylic acids is 1. The number of hydrogen-bond donors (Lipinski definition) is 2. The maximum absolute atomic E-state index is 13.6. The van der Waals surface area contributed by atoms with Crippen LogP contribution in [0.5, 0.6) is 0 Å². The minimum Gasteiger partial charge on any atom is -0.480 e. The quantitative estimate of drug-likeness (QED) is 0.880.